The number of rotatable bonds is 5. The molecule has 3 aromatic rings. The Labute approximate surface area is 169 Å². The Morgan fingerprint density at radius 3 is 2.28 bits per heavy atom. The van der Waals surface area contributed by atoms with Gasteiger partial charge in [-0.15, -0.1) is 0 Å². The van der Waals surface area contributed by atoms with E-state index in [9.17, 15) is 9.59 Å². The van der Waals surface area contributed by atoms with E-state index in [4.69, 9.17) is 4.98 Å². The summed E-state index contributed by atoms with van der Waals surface area (Å²) in [6.07, 6.45) is 0. The fraction of sp³-hybridized carbons (Fsp3) is 0.476. The molecule has 154 valence electrons. The predicted molar refractivity (Wildman–Crippen MR) is 111 cm³/mol. The summed E-state index contributed by atoms with van der Waals surface area (Å²) < 4.78 is 4.67. The van der Waals surface area contributed by atoms with Gasteiger partial charge in [0.25, 0.3) is 5.56 Å². The summed E-state index contributed by atoms with van der Waals surface area (Å²) in [5, 5.41) is 0. The van der Waals surface area contributed by atoms with Crippen LogP contribution in [0.3, 0.4) is 0 Å². The Morgan fingerprint density at radius 1 is 0.966 bits per heavy atom. The summed E-state index contributed by atoms with van der Waals surface area (Å²) >= 11 is 0. The minimum Gasteiger partial charge on any atom is -0.326 e. The van der Waals surface area contributed by atoms with E-state index < -0.39 is 0 Å². The highest BCUT2D eigenvalue weighted by Gasteiger charge is 2.26. The molecule has 2 aromatic heterocycles. The van der Waals surface area contributed by atoms with Crippen LogP contribution in [0.4, 0.5) is 0 Å². The molecule has 1 aliphatic heterocycles. The molecule has 0 aliphatic carbocycles. The SMILES string of the molecule is CC[NH+]1CC[NH+](Cc2nc3c(c(=O)n(C)c(=O)n3C)n2Cc2ccccc2)CC1. The Kier molecular flexibility index (Phi) is 5.38. The first kappa shape index (κ1) is 19.6. The van der Waals surface area contributed by atoms with Crippen molar-refractivity contribution in [1.82, 2.24) is 18.7 Å². The lowest BCUT2D eigenvalue weighted by atomic mass is 10.2. The second-order valence-electron chi connectivity index (χ2n) is 8.01. The van der Waals surface area contributed by atoms with Crippen LogP contribution >= 0.6 is 0 Å². The van der Waals surface area contributed by atoms with Gasteiger partial charge < -0.3 is 14.4 Å². The van der Waals surface area contributed by atoms with Crippen molar-refractivity contribution < 1.29 is 9.80 Å². The van der Waals surface area contributed by atoms with Crippen LogP contribution < -0.4 is 21.0 Å². The average Bonchev–Trinajstić information content (AvgIpc) is 3.10. The Bertz CT molecular complexity index is 1120. The topological polar surface area (TPSA) is 70.7 Å². The molecule has 0 unspecified atom stereocenters. The highest BCUT2D eigenvalue weighted by Crippen LogP contribution is 2.13. The van der Waals surface area contributed by atoms with Crippen molar-refractivity contribution >= 4 is 11.2 Å². The summed E-state index contributed by atoms with van der Waals surface area (Å²) in [5.74, 6) is 0.872. The second-order valence-corrected chi connectivity index (χ2v) is 8.01. The van der Waals surface area contributed by atoms with Crippen molar-refractivity contribution in [3.63, 3.8) is 0 Å². The molecule has 0 saturated carbocycles. The Balaban J connectivity index is 1.79. The van der Waals surface area contributed by atoms with Crippen LogP contribution in [0.1, 0.15) is 18.3 Å². The lowest BCUT2D eigenvalue weighted by Gasteiger charge is -2.28. The fourth-order valence-corrected chi connectivity index (χ4v) is 4.27. The second kappa shape index (κ2) is 7.96. The maximum absolute atomic E-state index is 13.0. The molecular formula is C21H30N6O2+2. The van der Waals surface area contributed by atoms with E-state index in [1.807, 2.05) is 22.8 Å². The molecule has 1 saturated heterocycles. The summed E-state index contributed by atoms with van der Waals surface area (Å²) in [5.41, 5.74) is 1.46. The van der Waals surface area contributed by atoms with Crippen LogP contribution in [0.25, 0.3) is 11.2 Å². The van der Waals surface area contributed by atoms with Gasteiger partial charge in [-0.1, -0.05) is 30.3 Å². The summed E-state index contributed by atoms with van der Waals surface area (Å²) in [7, 11) is 3.21. The van der Waals surface area contributed by atoms with Gasteiger partial charge in [-0.25, -0.2) is 9.78 Å². The van der Waals surface area contributed by atoms with Crippen molar-refractivity contribution in [2.24, 2.45) is 14.1 Å². The first-order valence-electron chi connectivity index (χ1n) is 10.4. The van der Waals surface area contributed by atoms with Gasteiger partial charge in [0, 0.05) is 20.6 Å². The molecule has 0 bridgehead atoms. The van der Waals surface area contributed by atoms with Gasteiger partial charge >= 0.3 is 5.69 Å². The maximum atomic E-state index is 13.0. The van der Waals surface area contributed by atoms with Crippen molar-refractivity contribution in [1.29, 1.82) is 0 Å². The van der Waals surface area contributed by atoms with Crippen LogP contribution in [-0.4, -0.2) is 51.4 Å². The molecule has 0 atom stereocenters. The minimum atomic E-state index is -0.342. The van der Waals surface area contributed by atoms with Crippen molar-refractivity contribution in [3.8, 4) is 0 Å². The molecule has 0 radical (unpaired) electrons. The number of fused-ring (bicyclic) bond motifs is 1. The smallest absolute Gasteiger partial charge is 0.326 e. The van der Waals surface area contributed by atoms with Gasteiger partial charge in [0.05, 0.1) is 6.54 Å². The molecule has 29 heavy (non-hydrogen) atoms. The van der Waals surface area contributed by atoms with Crippen LogP contribution in [0.5, 0.6) is 0 Å². The number of imidazole rings is 1. The Hall–Kier alpha value is -2.71. The Morgan fingerprint density at radius 2 is 1.62 bits per heavy atom. The van der Waals surface area contributed by atoms with Crippen LogP contribution in [0.15, 0.2) is 39.9 Å². The lowest BCUT2D eigenvalue weighted by molar-refractivity contribution is -1.02. The molecule has 2 N–H and O–H groups in total. The van der Waals surface area contributed by atoms with Crippen molar-refractivity contribution in [2.45, 2.75) is 20.0 Å². The molecular weight excluding hydrogens is 368 g/mol. The normalized spacial score (nSPS) is 19.7. The van der Waals surface area contributed by atoms with E-state index in [1.165, 1.54) is 21.1 Å². The average molecular weight is 399 g/mol. The van der Waals surface area contributed by atoms with E-state index in [1.54, 1.807) is 11.9 Å². The number of hydrogen-bond acceptors (Lipinski definition) is 3. The van der Waals surface area contributed by atoms with Gasteiger partial charge in [0.1, 0.15) is 32.7 Å². The number of quaternary nitrogens is 2. The number of hydrogen-bond donors (Lipinski definition) is 2. The van der Waals surface area contributed by atoms with E-state index >= 15 is 0 Å². The quantitative estimate of drug-likeness (QED) is 0.512. The summed E-state index contributed by atoms with van der Waals surface area (Å²) in [4.78, 5) is 33.3. The molecule has 8 nitrogen and oxygen atoms in total. The van der Waals surface area contributed by atoms with E-state index in [0.717, 1.165) is 50.7 Å². The number of benzene rings is 1. The minimum absolute atomic E-state index is 0.284. The molecule has 1 fully saturated rings. The molecule has 0 amide bonds. The van der Waals surface area contributed by atoms with Crippen LogP contribution in [0, 0.1) is 0 Å². The number of aryl methyl sites for hydroxylation is 1. The number of piperazine rings is 1. The van der Waals surface area contributed by atoms with E-state index in [-0.39, 0.29) is 11.2 Å². The zero-order valence-corrected chi connectivity index (χ0v) is 17.4. The standard InChI is InChI=1S/C21H28N6O2/c1-4-25-10-12-26(13-11-25)15-17-22-19-18(20(28)24(3)21(29)23(19)2)27(17)14-16-8-6-5-7-9-16/h5-9H,4,10-15H2,1-3H3/p+2. The molecule has 1 aliphatic rings. The maximum Gasteiger partial charge on any atom is 0.332 e. The van der Waals surface area contributed by atoms with Crippen molar-refractivity contribution in [3.05, 3.63) is 62.6 Å². The number of aromatic nitrogens is 4. The fourth-order valence-electron chi connectivity index (χ4n) is 4.27. The highest BCUT2D eigenvalue weighted by atomic mass is 16.2. The first-order valence-corrected chi connectivity index (χ1v) is 10.4. The number of nitrogens with zero attached hydrogens (tertiary/aromatic N) is 4. The van der Waals surface area contributed by atoms with Gasteiger partial charge in [-0.05, 0) is 12.5 Å². The summed E-state index contributed by atoms with van der Waals surface area (Å²) in [6, 6.07) is 10.1. The third-order valence-electron chi connectivity index (χ3n) is 6.18. The van der Waals surface area contributed by atoms with Crippen LogP contribution in [0.2, 0.25) is 0 Å². The number of likely N-dealkylation sites (N-methyl/N-ethyl adjacent to an activating group) is 1. The third-order valence-corrected chi connectivity index (χ3v) is 6.18. The van der Waals surface area contributed by atoms with E-state index in [2.05, 4.69) is 19.1 Å². The molecule has 4 rings (SSSR count). The largest absolute Gasteiger partial charge is 0.332 e. The number of nitrogens with one attached hydrogen (secondary N) is 2. The molecule has 0 spiro atoms. The van der Waals surface area contributed by atoms with Crippen LogP contribution in [-0.2, 0) is 27.2 Å². The molecule has 1 aromatic carbocycles. The monoisotopic (exact) mass is 398 g/mol. The third kappa shape index (κ3) is 3.65. The zero-order valence-electron chi connectivity index (χ0n) is 17.4. The first-order chi connectivity index (χ1) is 14.0. The van der Waals surface area contributed by atoms with Crippen molar-refractivity contribution in [2.75, 3.05) is 32.7 Å². The zero-order chi connectivity index (χ0) is 20.5. The van der Waals surface area contributed by atoms with E-state index in [0.29, 0.717) is 17.7 Å². The van der Waals surface area contributed by atoms with Gasteiger partial charge in [-0.2, -0.15) is 0 Å². The van der Waals surface area contributed by atoms with Gasteiger partial charge in [0.2, 0.25) is 0 Å². The van der Waals surface area contributed by atoms with Gasteiger partial charge in [0.15, 0.2) is 17.0 Å². The summed E-state index contributed by atoms with van der Waals surface area (Å²) in [6.45, 7) is 9.22. The molecule has 8 heteroatoms. The highest BCUT2D eigenvalue weighted by molar-refractivity contribution is 5.71. The van der Waals surface area contributed by atoms with Gasteiger partial charge in [-0.3, -0.25) is 13.9 Å². The predicted octanol–water partition coefficient (Wildman–Crippen LogP) is -2.21. The lowest BCUT2D eigenvalue weighted by Crippen LogP contribution is -3.27. The molecule has 3 heterocycles.